The summed E-state index contributed by atoms with van der Waals surface area (Å²) in [6, 6.07) is 3.31. The maximum absolute atomic E-state index is 11.3. The summed E-state index contributed by atoms with van der Waals surface area (Å²) >= 11 is 11.5. The Morgan fingerprint density at radius 1 is 1.60 bits per heavy atom. The minimum Gasteiger partial charge on any atom is -0.465 e. The van der Waals surface area contributed by atoms with Crippen molar-refractivity contribution in [2.75, 3.05) is 7.11 Å². The maximum Gasteiger partial charge on any atom is 0.339 e. The van der Waals surface area contributed by atoms with E-state index in [1.165, 1.54) is 18.4 Å². The number of fused-ring (bicyclic) bond motifs is 1. The molecule has 0 unspecified atom stereocenters. The minimum atomic E-state index is -0.462. The molecule has 0 atom stereocenters. The number of rotatable bonds is 1. The van der Waals surface area contributed by atoms with E-state index in [0.29, 0.717) is 20.4 Å². The molecule has 0 fully saturated rings. The molecule has 0 bridgehead atoms. The summed E-state index contributed by atoms with van der Waals surface area (Å²) in [5.41, 5.74) is 1.03. The third-order valence-corrected chi connectivity index (χ3v) is 3.38. The molecule has 6 heteroatoms. The molecule has 2 rings (SSSR count). The van der Waals surface area contributed by atoms with Gasteiger partial charge in [-0.3, -0.25) is 0 Å². The van der Waals surface area contributed by atoms with Crippen molar-refractivity contribution >= 4 is 51.8 Å². The van der Waals surface area contributed by atoms with Crippen LogP contribution in [0.25, 0.3) is 10.2 Å². The molecule has 78 valence electrons. The lowest BCUT2D eigenvalue weighted by atomic mass is 10.2. The van der Waals surface area contributed by atoms with Gasteiger partial charge in [0, 0.05) is 0 Å². The Labute approximate surface area is 100 Å². The summed E-state index contributed by atoms with van der Waals surface area (Å²) in [6.45, 7) is 0. The molecule has 0 amide bonds. The van der Waals surface area contributed by atoms with E-state index in [9.17, 15) is 4.79 Å². The van der Waals surface area contributed by atoms with Crippen LogP contribution in [0.2, 0.25) is 5.02 Å². The number of aromatic nitrogens is 1. The average molecular weight is 260 g/mol. The van der Waals surface area contributed by atoms with Crippen molar-refractivity contribution in [2.45, 2.75) is 4.34 Å². The van der Waals surface area contributed by atoms with Gasteiger partial charge in [0.05, 0.1) is 27.9 Å². The molecule has 0 aliphatic rings. The fourth-order valence-corrected chi connectivity index (χ4v) is 2.64. The third-order valence-electron chi connectivity index (χ3n) is 1.87. The fourth-order valence-electron chi connectivity index (χ4n) is 1.20. The quantitative estimate of drug-likeness (QED) is 0.632. The van der Waals surface area contributed by atoms with E-state index in [2.05, 4.69) is 22.3 Å². The largest absolute Gasteiger partial charge is 0.465 e. The molecule has 15 heavy (non-hydrogen) atoms. The predicted octanol–water partition coefficient (Wildman–Crippen LogP) is 3.03. The highest BCUT2D eigenvalue weighted by molar-refractivity contribution is 7.82. The van der Waals surface area contributed by atoms with Gasteiger partial charge >= 0.3 is 5.97 Å². The Balaban J connectivity index is 2.66. The second kappa shape index (κ2) is 4.00. The highest BCUT2D eigenvalue weighted by Gasteiger charge is 2.13. The zero-order chi connectivity index (χ0) is 11.0. The normalized spacial score (nSPS) is 10.6. The van der Waals surface area contributed by atoms with Crippen LogP contribution in [-0.4, -0.2) is 18.1 Å². The summed E-state index contributed by atoms with van der Waals surface area (Å²) in [5.74, 6) is -0.462. The van der Waals surface area contributed by atoms with E-state index in [-0.39, 0.29) is 0 Å². The number of benzene rings is 1. The van der Waals surface area contributed by atoms with Crippen molar-refractivity contribution < 1.29 is 9.53 Å². The lowest BCUT2D eigenvalue weighted by Crippen LogP contribution is -2.01. The molecule has 1 aromatic carbocycles. The summed E-state index contributed by atoms with van der Waals surface area (Å²) in [7, 11) is 1.31. The van der Waals surface area contributed by atoms with Gasteiger partial charge in [-0.05, 0) is 12.1 Å². The zero-order valence-electron chi connectivity index (χ0n) is 7.65. The first-order chi connectivity index (χ1) is 7.11. The highest BCUT2D eigenvalue weighted by Crippen LogP contribution is 2.29. The van der Waals surface area contributed by atoms with Crippen LogP contribution in [0.1, 0.15) is 10.4 Å². The van der Waals surface area contributed by atoms with E-state index in [1.807, 2.05) is 0 Å². The Kier molecular flexibility index (Phi) is 2.86. The lowest BCUT2D eigenvalue weighted by Gasteiger charge is -2.01. The van der Waals surface area contributed by atoms with Gasteiger partial charge in [-0.1, -0.05) is 11.6 Å². The number of carbonyl (C=O) groups is 1. The predicted molar refractivity (Wildman–Crippen MR) is 63.2 cm³/mol. The molecule has 0 N–H and O–H groups in total. The summed E-state index contributed by atoms with van der Waals surface area (Å²) in [6.07, 6.45) is 0. The molecular weight excluding hydrogens is 254 g/mol. The van der Waals surface area contributed by atoms with Crippen LogP contribution in [0.15, 0.2) is 16.5 Å². The Bertz CT molecular complexity index is 538. The van der Waals surface area contributed by atoms with Crippen molar-refractivity contribution in [2.24, 2.45) is 0 Å². The third kappa shape index (κ3) is 1.95. The molecule has 3 nitrogen and oxygen atoms in total. The van der Waals surface area contributed by atoms with E-state index >= 15 is 0 Å². The van der Waals surface area contributed by atoms with Crippen molar-refractivity contribution in [3.05, 3.63) is 22.7 Å². The Morgan fingerprint density at radius 2 is 2.33 bits per heavy atom. The number of esters is 1. The molecule has 1 aromatic heterocycles. The van der Waals surface area contributed by atoms with Crippen LogP contribution in [0, 0.1) is 0 Å². The van der Waals surface area contributed by atoms with Crippen LogP contribution in [-0.2, 0) is 4.74 Å². The summed E-state index contributed by atoms with van der Waals surface area (Å²) in [4.78, 5) is 15.5. The van der Waals surface area contributed by atoms with Gasteiger partial charge in [-0.2, -0.15) is 0 Å². The van der Waals surface area contributed by atoms with E-state index < -0.39 is 5.97 Å². The zero-order valence-corrected chi connectivity index (χ0v) is 10.1. The second-order valence-electron chi connectivity index (χ2n) is 2.79. The number of hydrogen-bond acceptors (Lipinski definition) is 5. The van der Waals surface area contributed by atoms with Crippen molar-refractivity contribution in [1.29, 1.82) is 0 Å². The van der Waals surface area contributed by atoms with Crippen molar-refractivity contribution in [1.82, 2.24) is 4.98 Å². The first-order valence-electron chi connectivity index (χ1n) is 3.99. The highest BCUT2D eigenvalue weighted by atomic mass is 35.5. The first-order valence-corrected chi connectivity index (χ1v) is 5.63. The average Bonchev–Trinajstić information content (AvgIpc) is 2.55. The Hall–Kier alpha value is -0.780. The fraction of sp³-hybridized carbons (Fsp3) is 0.111. The number of thiol groups is 1. The monoisotopic (exact) mass is 259 g/mol. The molecular formula is C9H6ClNO2S2. The number of thiazole rings is 1. The molecule has 0 saturated carbocycles. The number of methoxy groups -OCH3 is 1. The summed E-state index contributed by atoms with van der Waals surface area (Å²) in [5, 5.41) is 0.367. The van der Waals surface area contributed by atoms with E-state index in [0.717, 1.165) is 4.70 Å². The number of ether oxygens (including phenoxy) is 1. The number of hydrogen-bond donors (Lipinski definition) is 1. The van der Waals surface area contributed by atoms with Crippen LogP contribution in [0.3, 0.4) is 0 Å². The number of nitrogens with zero attached hydrogens (tertiary/aromatic N) is 1. The summed E-state index contributed by atoms with van der Waals surface area (Å²) < 4.78 is 6.15. The molecule has 2 aromatic rings. The van der Waals surface area contributed by atoms with Crippen LogP contribution in [0.4, 0.5) is 0 Å². The van der Waals surface area contributed by atoms with Gasteiger partial charge in [0.1, 0.15) is 4.34 Å². The second-order valence-corrected chi connectivity index (χ2v) is 4.95. The number of halogens is 1. The van der Waals surface area contributed by atoms with Gasteiger partial charge in [-0.15, -0.1) is 24.0 Å². The van der Waals surface area contributed by atoms with E-state index in [4.69, 9.17) is 11.6 Å². The van der Waals surface area contributed by atoms with Crippen molar-refractivity contribution in [3.63, 3.8) is 0 Å². The Morgan fingerprint density at radius 3 is 3.00 bits per heavy atom. The molecule has 0 radical (unpaired) electrons. The van der Waals surface area contributed by atoms with Gasteiger partial charge in [0.2, 0.25) is 0 Å². The van der Waals surface area contributed by atoms with Crippen molar-refractivity contribution in [3.8, 4) is 0 Å². The SMILES string of the molecule is COC(=O)c1cc2nc(S)sc2cc1Cl. The van der Waals surface area contributed by atoms with Gasteiger partial charge in [-0.25, -0.2) is 9.78 Å². The smallest absolute Gasteiger partial charge is 0.339 e. The topological polar surface area (TPSA) is 39.2 Å². The van der Waals surface area contributed by atoms with E-state index in [1.54, 1.807) is 12.1 Å². The molecule has 0 saturated heterocycles. The standard InChI is InChI=1S/C9H6ClNO2S2/c1-13-8(12)4-2-6-7(3-5(4)10)15-9(14)11-6/h2-3H,1H3,(H,11,14). The molecule has 0 spiro atoms. The molecule has 0 aliphatic heterocycles. The van der Waals surface area contributed by atoms with Crippen LogP contribution >= 0.6 is 35.6 Å². The lowest BCUT2D eigenvalue weighted by molar-refractivity contribution is 0.0601. The van der Waals surface area contributed by atoms with Crippen LogP contribution < -0.4 is 0 Å². The van der Waals surface area contributed by atoms with Gasteiger partial charge in [0.25, 0.3) is 0 Å². The van der Waals surface area contributed by atoms with Gasteiger partial charge < -0.3 is 4.74 Å². The molecule has 1 heterocycles. The minimum absolute atomic E-state index is 0.324. The number of carbonyl (C=O) groups excluding carboxylic acids is 1. The van der Waals surface area contributed by atoms with Crippen LogP contribution in [0.5, 0.6) is 0 Å². The maximum atomic E-state index is 11.3. The van der Waals surface area contributed by atoms with Gasteiger partial charge in [0.15, 0.2) is 0 Å². The molecule has 0 aliphatic carbocycles. The first kappa shape index (κ1) is 10.7.